The second-order valence-electron chi connectivity index (χ2n) is 6.84. The van der Waals surface area contributed by atoms with Crippen LogP contribution >= 0.6 is 0 Å². The van der Waals surface area contributed by atoms with Crippen molar-refractivity contribution < 1.29 is 9.53 Å². The largest absolute Gasteiger partial charge is 0.444 e. The molecule has 1 aliphatic carbocycles. The zero-order chi connectivity index (χ0) is 17.5. The Morgan fingerprint density at radius 2 is 2.13 bits per heavy atom. The van der Waals surface area contributed by atoms with Crippen molar-refractivity contribution in [2.45, 2.75) is 70.6 Å². The van der Waals surface area contributed by atoms with E-state index in [1.807, 2.05) is 25.8 Å². The molecule has 1 amide bonds. The topological polar surface area (TPSA) is 118 Å². The number of ether oxygens (including phenoxy) is 1. The maximum Gasteiger partial charge on any atom is 0.407 e. The minimum atomic E-state index is -0.494. The van der Waals surface area contributed by atoms with Gasteiger partial charge in [-0.25, -0.2) is 4.79 Å². The molecule has 8 heteroatoms. The van der Waals surface area contributed by atoms with Gasteiger partial charge in [-0.1, -0.05) is 0 Å². The molecule has 1 saturated carbocycles. The third-order valence-electron chi connectivity index (χ3n) is 3.73. The van der Waals surface area contributed by atoms with Gasteiger partial charge in [-0.3, -0.25) is 5.01 Å². The number of amidine groups is 1. The van der Waals surface area contributed by atoms with Gasteiger partial charge in [0.1, 0.15) is 11.4 Å². The molecule has 132 valence electrons. The van der Waals surface area contributed by atoms with Gasteiger partial charge in [0.15, 0.2) is 0 Å². The Bertz CT molecular complexity index is 432. The molecule has 0 bridgehead atoms. The summed E-state index contributed by atoms with van der Waals surface area (Å²) in [6.45, 7) is 9.79. The van der Waals surface area contributed by atoms with Crippen LogP contribution in [0.3, 0.4) is 0 Å². The van der Waals surface area contributed by atoms with Gasteiger partial charge in [-0.05, 0) is 46.5 Å². The number of hydrogen-bond donors (Lipinski definition) is 3. The van der Waals surface area contributed by atoms with Gasteiger partial charge in [0.05, 0.1) is 0 Å². The predicted molar refractivity (Wildman–Crippen MR) is 92.1 cm³/mol. The molecule has 0 radical (unpaired) electrons. The van der Waals surface area contributed by atoms with Gasteiger partial charge in [0.2, 0.25) is 0 Å². The van der Waals surface area contributed by atoms with Gasteiger partial charge in [-0.2, -0.15) is 10.2 Å². The molecule has 23 heavy (non-hydrogen) atoms. The van der Waals surface area contributed by atoms with Gasteiger partial charge in [0.25, 0.3) is 0 Å². The molecule has 0 aliphatic heterocycles. The fraction of sp³-hybridized carbons (Fsp3) is 0.800. The van der Waals surface area contributed by atoms with Crippen molar-refractivity contribution in [1.29, 1.82) is 0 Å². The zero-order valence-electron chi connectivity index (χ0n) is 14.4. The van der Waals surface area contributed by atoms with Gasteiger partial charge in [0, 0.05) is 31.8 Å². The Labute approximate surface area is 138 Å². The lowest BCUT2D eigenvalue weighted by atomic mass is 9.90. The molecule has 1 aliphatic rings. The summed E-state index contributed by atoms with van der Waals surface area (Å²) in [6.07, 6.45) is 3.92. The number of rotatable bonds is 6. The maximum absolute atomic E-state index is 11.9. The summed E-state index contributed by atoms with van der Waals surface area (Å²) in [5.41, 5.74) is 5.13. The first-order valence-corrected chi connectivity index (χ1v) is 8.00. The number of hydrogen-bond acceptors (Lipinski definition) is 6. The van der Waals surface area contributed by atoms with Crippen molar-refractivity contribution in [2.24, 2.45) is 21.8 Å². The van der Waals surface area contributed by atoms with Crippen LogP contribution in [0.5, 0.6) is 0 Å². The number of carbonyl (C=O) groups is 1. The Kier molecular flexibility index (Phi) is 7.12. The Morgan fingerprint density at radius 1 is 1.43 bits per heavy atom. The third-order valence-corrected chi connectivity index (χ3v) is 3.73. The normalized spacial score (nSPS) is 22.3. The van der Waals surface area contributed by atoms with E-state index in [1.165, 1.54) is 0 Å². The Balaban J connectivity index is 2.52. The summed E-state index contributed by atoms with van der Waals surface area (Å²) in [5.74, 6) is 5.53. The second-order valence-corrected chi connectivity index (χ2v) is 6.84. The summed E-state index contributed by atoms with van der Waals surface area (Å²) in [4.78, 5) is 11.9. The SMILES string of the molecule is C=NN(CC/C(N)=N\N)C1CCCC(NC(=O)OC(C)(C)C)C1. The molecule has 0 aromatic heterocycles. The van der Waals surface area contributed by atoms with Crippen LogP contribution in [0.1, 0.15) is 52.9 Å². The highest BCUT2D eigenvalue weighted by atomic mass is 16.6. The van der Waals surface area contributed by atoms with Crippen LogP contribution in [0.15, 0.2) is 10.2 Å². The van der Waals surface area contributed by atoms with Crippen molar-refractivity contribution in [3.63, 3.8) is 0 Å². The van der Waals surface area contributed by atoms with E-state index in [-0.39, 0.29) is 18.2 Å². The van der Waals surface area contributed by atoms with Crippen LogP contribution in [-0.4, -0.2) is 47.9 Å². The summed E-state index contributed by atoms with van der Waals surface area (Å²) in [7, 11) is 0. The molecule has 0 spiro atoms. The van der Waals surface area contributed by atoms with Crippen molar-refractivity contribution in [1.82, 2.24) is 10.3 Å². The van der Waals surface area contributed by atoms with Crippen LogP contribution in [0.25, 0.3) is 0 Å². The minimum Gasteiger partial charge on any atom is -0.444 e. The molecule has 1 rings (SSSR count). The lowest BCUT2D eigenvalue weighted by molar-refractivity contribution is 0.0470. The molecule has 1 fully saturated rings. The molecule has 0 aromatic carbocycles. The molecule has 2 unspecified atom stereocenters. The molecular formula is C15H30N6O2. The highest BCUT2D eigenvalue weighted by molar-refractivity contribution is 5.80. The van der Waals surface area contributed by atoms with Crippen LogP contribution in [-0.2, 0) is 4.74 Å². The van der Waals surface area contributed by atoms with Crippen molar-refractivity contribution in [2.75, 3.05) is 6.54 Å². The van der Waals surface area contributed by atoms with E-state index >= 15 is 0 Å². The third kappa shape index (κ3) is 7.21. The first kappa shape index (κ1) is 19.1. The molecule has 2 atom stereocenters. The molecular weight excluding hydrogens is 296 g/mol. The minimum absolute atomic E-state index is 0.0772. The Hall–Kier alpha value is -1.99. The van der Waals surface area contributed by atoms with Gasteiger partial charge in [-0.15, -0.1) is 0 Å². The van der Waals surface area contributed by atoms with E-state index in [0.29, 0.717) is 18.8 Å². The maximum atomic E-state index is 11.9. The van der Waals surface area contributed by atoms with E-state index in [1.54, 1.807) is 0 Å². The highest BCUT2D eigenvalue weighted by Gasteiger charge is 2.28. The molecule has 5 N–H and O–H groups in total. The average molecular weight is 326 g/mol. The fourth-order valence-electron chi connectivity index (χ4n) is 2.70. The van der Waals surface area contributed by atoms with E-state index < -0.39 is 5.60 Å². The van der Waals surface area contributed by atoms with Crippen LogP contribution in [0.2, 0.25) is 0 Å². The molecule has 8 nitrogen and oxygen atoms in total. The van der Waals surface area contributed by atoms with Gasteiger partial charge < -0.3 is 21.6 Å². The van der Waals surface area contributed by atoms with E-state index in [0.717, 1.165) is 25.7 Å². The summed E-state index contributed by atoms with van der Waals surface area (Å²) in [5, 5.41) is 12.4. The summed E-state index contributed by atoms with van der Waals surface area (Å²) < 4.78 is 5.31. The smallest absolute Gasteiger partial charge is 0.407 e. The van der Waals surface area contributed by atoms with E-state index in [4.69, 9.17) is 16.3 Å². The predicted octanol–water partition coefficient (Wildman–Crippen LogP) is 1.36. The van der Waals surface area contributed by atoms with Crippen molar-refractivity contribution in [3.8, 4) is 0 Å². The summed E-state index contributed by atoms with van der Waals surface area (Å²) in [6, 6.07) is 0.292. The molecule has 0 saturated heterocycles. The lowest BCUT2D eigenvalue weighted by Crippen LogP contribution is -2.46. The first-order chi connectivity index (χ1) is 10.7. The standard InChI is InChI=1S/C15H30N6O2/c1-15(2,3)23-14(22)19-11-6-5-7-12(10-11)21(18-4)9-8-13(16)20-17/h11-12H,4-10,17H2,1-3H3,(H2,16,20)(H,19,22). The van der Waals surface area contributed by atoms with Crippen molar-refractivity contribution in [3.05, 3.63) is 0 Å². The van der Waals surface area contributed by atoms with Crippen LogP contribution < -0.4 is 16.9 Å². The first-order valence-electron chi connectivity index (χ1n) is 8.00. The van der Waals surface area contributed by atoms with Crippen molar-refractivity contribution >= 4 is 18.6 Å². The number of nitrogens with two attached hydrogens (primary N) is 2. The number of carbonyl (C=O) groups excluding carboxylic acids is 1. The van der Waals surface area contributed by atoms with Crippen LogP contribution in [0.4, 0.5) is 4.79 Å². The lowest BCUT2D eigenvalue weighted by Gasteiger charge is -2.36. The molecule has 0 heterocycles. The number of nitrogens with one attached hydrogen (secondary N) is 1. The Morgan fingerprint density at radius 3 is 2.70 bits per heavy atom. The monoisotopic (exact) mass is 326 g/mol. The quantitative estimate of drug-likeness (QED) is 0.295. The summed E-state index contributed by atoms with van der Waals surface area (Å²) >= 11 is 0. The van der Waals surface area contributed by atoms with E-state index in [2.05, 4.69) is 22.2 Å². The highest BCUT2D eigenvalue weighted by Crippen LogP contribution is 2.24. The number of hydrazone groups is 2. The molecule has 0 aromatic rings. The number of amides is 1. The number of alkyl carbamates (subject to hydrolysis) is 1. The zero-order valence-corrected chi connectivity index (χ0v) is 14.4. The second kappa shape index (κ2) is 8.59. The number of nitrogens with zero attached hydrogens (tertiary/aromatic N) is 3. The van der Waals surface area contributed by atoms with E-state index in [9.17, 15) is 4.79 Å². The van der Waals surface area contributed by atoms with Crippen LogP contribution in [0, 0.1) is 0 Å². The fourth-order valence-corrected chi connectivity index (χ4v) is 2.70. The average Bonchev–Trinajstić information content (AvgIpc) is 2.46. The van der Waals surface area contributed by atoms with Gasteiger partial charge >= 0.3 is 6.09 Å².